The lowest BCUT2D eigenvalue weighted by Gasteiger charge is -2.59. The second kappa shape index (κ2) is 3.09. The van der Waals surface area contributed by atoms with Crippen LogP contribution >= 0.6 is 22.6 Å². The first-order valence-corrected chi connectivity index (χ1v) is 6.85. The molecule has 84 valence electrons. The van der Waals surface area contributed by atoms with E-state index in [1.807, 2.05) is 0 Å². The molecule has 0 amide bonds. The molecule has 4 heteroatoms. The zero-order valence-corrected chi connectivity index (χ0v) is 10.6. The molecule has 15 heavy (non-hydrogen) atoms. The molecule has 4 aliphatic rings. The van der Waals surface area contributed by atoms with Crippen LogP contribution in [0.1, 0.15) is 25.7 Å². The standard InChI is InChI=1S/C11H15IO3/c12-9-7-2-5-1-6(8(7)13)4-11(9,3-5)10(14)15/h5-9,13H,1-4H2,(H,14,15). The number of hydrogen-bond donors (Lipinski definition) is 2. The van der Waals surface area contributed by atoms with Crippen LogP contribution in [0, 0.1) is 23.2 Å². The van der Waals surface area contributed by atoms with E-state index in [4.69, 9.17) is 0 Å². The molecule has 0 heterocycles. The van der Waals surface area contributed by atoms with Gasteiger partial charge in [0.2, 0.25) is 0 Å². The van der Waals surface area contributed by atoms with Gasteiger partial charge in [0.05, 0.1) is 11.5 Å². The van der Waals surface area contributed by atoms with E-state index in [1.54, 1.807) is 0 Å². The maximum atomic E-state index is 11.5. The molecule has 4 aliphatic carbocycles. The Kier molecular flexibility index (Phi) is 2.13. The first kappa shape index (κ1) is 10.3. The number of halogens is 1. The van der Waals surface area contributed by atoms with Gasteiger partial charge in [0.15, 0.2) is 0 Å². The van der Waals surface area contributed by atoms with Crippen LogP contribution in [0.5, 0.6) is 0 Å². The fourth-order valence-electron chi connectivity index (χ4n) is 4.19. The van der Waals surface area contributed by atoms with Crippen LogP contribution in [0.25, 0.3) is 0 Å². The third-order valence-electron chi connectivity index (χ3n) is 4.77. The SMILES string of the molecule is O=C(O)C12CC3CC(C1)C(O)C(C3)C2I. The van der Waals surface area contributed by atoms with Gasteiger partial charge in [0.25, 0.3) is 0 Å². The minimum absolute atomic E-state index is 0.121. The van der Waals surface area contributed by atoms with Crippen LogP contribution in [-0.4, -0.2) is 26.2 Å². The van der Waals surface area contributed by atoms with Crippen molar-refractivity contribution in [1.82, 2.24) is 0 Å². The van der Waals surface area contributed by atoms with Gasteiger partial charge in [-0.3, -0.25) is 4.79 Å². The summed E-state index contributed by atoms with van der Waals surface area (Å²) in [4.78, 5) is 11.5. The van der Waals surface area contributed by atoms with E-state index >= 15 is 0 Å². The molecule has 0 aromatic carbocycles. The minimum Gasteiger partial charge on any atom is -0.481 e. The monoisotopic (exact) mass is 322 g/mol. The summed E-state index contributed by atoms with van der Waals surface area (Å²) in [5, 5.41) is 19.5. The average Bonchev–Trinajstić information content (AvgIpc) is 2.19. The Balaban J connectivity index is 2.02. The van der Waals surface area contributed by atoms with E-state index in [2.05, 4.69) is 22.6 Å². The van der Waals surface area contributed by atoms with Gasteiger partial charge in [0.1, 0.15) is 0 Å². The third kappa shape index (κ3) is 1.18. The molecule has 0 spiro atoms. The molecular weight excluding hydrogens is 307 g/mol. The van der Waals surface area contributed by atoms with Crippen LogP contribution in [0.15, 0.2) is 0 Å². The van der Waals surface area contributed by atoms with Crippen LogP contribution in [0.4, 0.5) is 0 Å². The summed E-state index contributed by atoms with van der Waals surface area (Å²) >= 11 is 2.27. The van der Waals surface area contributed by atoms with Crippen molar-refractivity contribution in [3.05, 3.63) is 0 Å². The van der Waals surface area contributed by atoms with Crippen molar-refractivity contribution in [3.63, 3.8) is 0 Å². The van der Waals surface area contributed by atoms with Gasteiger partial charge < -0.3 is 10.2 Å². The molecule has 0 aromatic heterocycles. The summed E-state index contributed by atoms with van der Waals surface area (Å²) < 4.78 is 0.121. The molecule has 0 aliphatic heterocycles. The molecule has 4 bridgehead atoms. The molecular formula is C11H15IO3. The Bertz CT molecular complexity index is 319. The third-order valence-corrected chi connectivity index (χ3v) is 6.89. The van der Waals surface area contributed by atoms with E-state index in [0.717, 1.165) is 19.3 Å². The Morgan fingerprint density at radius 2 is 2.07 bits per heavy atom. The highest BCUT2D eigenvalue weighted by Crippen LogP contribution is 2.62. The maximum Gasteiger partial charge on any atom is 0.310 e. The Hall–Kier alpha value is 0.160. The fraction of sp³-hybridized carbons (Fsp3) is 0.909. The molecule has 4 rings (SSSR count). The number of aliphatic hydroxyl groups excluding tert-OH is 1. The van der Waals surface area contributed by atoms with Gasteiger partial charge in [0, 0.05) is 3.92 Å². The molecule has 4 fully saturated rings. The van der Waals surface area contributed by atoms with Gasteiger partial charge in [-0.15, -0.1) is 0 Å². The maximum absolute atomic E-state index is 11.5. The summed E-state index contributed by atoms with van der Waals surface area (Å²) in [6.45, 7) is 0. The van der Waals surface area contributed by atoms with Gasteiger partial charge in [-0.25, -0.2) is 0 Å². The van der Waals surface area contributed by atoms with Crippen molar-refractivity contribution in [2.45, 2.75) is 35.7 Å². The van der Waals surface area contributed by atoms with E-state index in [0.29, 0.717) is 12.3 Å². The van der Waals surface area contributed by atoms with Crippen LogP contribution in [0.2, 0.25) is 0 Å². The highest BCUT2D eigenvalue weighted by Gasteiger charge is 2.63. The van der Waals surface area contributed by atoms with Gasteiger partial charge in [-0.2, -0.15) is 0 Å². The van der Waals surface area contributed by atoms with E-state index < -0.39 is 11.4 Å². The first-order valence-electron chi connectivity index (χ1n) is 5.60. The molecule has 0 saturated heterocycles. The molecule has 6 unspecified atom stereocenters. The number of aliphatic carboxylic acids is 1. The van der Waals surface area contributed by atoms with Gasteiger partial charge in [-0.05, 0) is 43.4 Å². The first-order chi connectivity index (χ1) is 7.04. The highest BCUT2D eigenvalue weighted by molar-refractivity contribution is 14.1. The normalized spacial score (nSPS) is 57.1. The minimum atomic E-state index is -0.631. The van der Waals surface area contributed by atoms with Crippen LogP contribution in [-0.2, 0) is 4.79 Å². The highest BCUT2D eigenvalue weighted by atomic mass is 127. The van der Waals surface area contributed by atoms with E-state index in [1.165, 1.54) is 0 Å². The van der Waals surface area contributed by atoms with E-state index in [9.17, 15) is 15.0 Å². The van der Waals surface area contributed by atoms with Crippen LogP contribution < -0.4 is 0 Å². The Morgan fingerprint density at radius 1 is 1.33 bits per heavy atom. The topological polar surface area (TPSA) is 57.5 Å². The number of hydrogen-bond acceptors (Lipinski definition) is 2. The number of alkyl halides is 1. The van der Waals surface area contributed by atoms with Crippen molar-refractivity contribution in [1.29, 1.82) is 0 Å². The van der Waals surface area contributed by atoms with Gasteiger partial charge in [-0.1, -0.05) is 22.6 Å². The Labute approximate surface area is 102 Å². The smallest absolute Gasteiger partial charge is 0.310 e. The zero-order chi connectivity index (χ0) is 10.8. The summed E-state index contributed by atoms with van der Waals surface area (Å²) in [7, 11) is 0. The van der Waals surface area contributed by atoms with Crippen molar-refractivity contribution in [3.8, 4) is 0 Å². The molecule has 0 radical (unpaired) electrons. The van der Waals surface area contributed by atoms with Crippen molar-refractivity contribution in [2.75, 3.05) is 0 Å². The number of carboxylic acid groups (broad SMARTS) is 1. The van der Waals surface area contributed by atoms with Crippen LogP contribution in [0.3, 0.4) is 0 Å². The van der Waals surface area contributed by atoms with Crippen molar-refractivity contribution < 1.29 is 15.0 Å². The summed E-state index contributed by atoms with van der Waals surface area (Å²) in [5.74, 6) is 0.407. The summed E-state index contributed by atoms with van der Waals surface area (Å²) in [6, 6.07) is 0. The number of carboxylic acids is 1. The number of carbonyl (C=O) groups is 1. The molecule has 0 aromatic rings. The zero-order valence-electron chi connectivity index (χ0n) is 8.40. The molecule has 2 N–H and O–H groups in total. The van der Waals surface area contributed by atoms with E-state index in [-0.39, 0.29) is 21.9 Å². The molecule has 4 saturated carbocycles. The second-order valence-corrected chi connectivity index (χ2v) is 6.87. The van der Waals surface area contributed by atoms with Crippen molar-refractivity contribution >= 4 is 28.6 Å². The predicted octanol–water partition coefficient (Wildman–Crippen LogP) is 1.67. The fourth-order valence-corrected chi connectivity index (χ4v) is 5.69. The van der Waals surface area contributed by atoms with Crippen molar-refractivity contribution in [2.24, 2.45) is 23.2 Å². The lowest BCUT2D eigenvalue weighted by molar-refractivity contribution is -0.174. The molecule has 3 nitrogen and oxygen atoms in total. The number of aliphatic hydroxyl groups is 1. The second-order valence-electron chi connectivity index (χ2n) is 5.52. The summed E-state index contributed by atoms with van der Waals surface area (Å²) in [6.07, 6.45) is 3.40. The number of rotatable bonds is 1. The lowest BCUT2D eigenvalue weighted by atomic mass is 9.48. The Morgan fingerprint density at radius 3 is 2.73 bits per heavy atom. The average molecular weight is 322 g/mol. The quantitative estimate of drug-likeness (QED) is 0.570. The lowest BCUT2D eigenvalue weighted by Crippen LogP contribution is -2.62. The van der Waals surface area contributed by atoms with Gasteiger partial charge >= 0.3 is 5.97 Å². The largest absolute Gasteiger partial charge is 0.481 e. The predicted molar refractivity (Wildman–Crippen MR) is 62.8 cm³/mol. The summed E-state index contributed by atoms with van der Waals surface area (Å²) in [5.41, 5.74) is -0.518. The molecule has 6 atom stereocenters.